The monoisotopic (exact) mass is 252 g/mol. The molecule has 1 atom stereocenters. The molecule has 0 radical (unpaired) electrons. The number of amides is 1. The zero-order chi connectivity index (χ0) is 12.8. The first-order valence-electron chi connectivity index (χ1n) is 6.52. The normalized spacial score (nSPS) is 20.1. The van der Waals surface area contributed by atoms with Crippen molar-refractivity contribution in [2.45, 2.75) is 32.1 Å². The molecular formula is C12H20N4O2. The molecule has 18 heavy (non-hydrogen) atoms. The lowest BCUT2D eigenvalue weighted by Crippen LogP contribution is -2.39. The van der Waals surface area contributed by atoms with Crippen LogP contribution in [-0.4, -0.2) is 52.3 Å². The van der Waals surface area contributed by atoms with Crippen molar-refractivity contribution in [2.75, 3.05) is 26.3 Å². The first-order valence-corrected chi connectivity index (χ1v) is 6.52. The van der Waals surface area contributed by atoms with E-state index >= 15 is 0 Å². The average molecular weight is 252 g/mol. The molecule has 6 heteroatoms. The van der Waals surface area contributed by atoms with Gasteiger partial charge in [-0.2, -0.15) is 5.10 Å². The van der Waals surface area contributed by atoms with Gasteiger partial charge < -0.3 is 9.64 Å². The highest BCUT2D eigenvalue weighted by atomic mass is 16.5. The topological polar surface area (TPSA) is 71.1 Å². The molecule has 1 fully saturated rings. The summed E-state index contributed by atoms with van der Waals surface area (Å²) in [5.41, 5.74) is 0. The number of aromatic nitrogens is 3. The van der Waals surface area contributed by atoms with Crippen molar-refractivity contribution in [1.82, 2.24) is 20.1 Å². The molecule has 1 saturated heterocycles. The fraction of sp³-hybridized carbons (Fsp3) is 0.750. The van der Waals surface area contributed by atoms with Crippen LogP contribution in [-0.2, 0) is 9.53 Å². The number of rotatable bonds is 5. The summed E-state index contributed by atoms with van der Waals surface area (Å²) in [6.07, 6.45) is 4.07. The third kappa shape index (κ3) is 3.29. The summed E-state index contributed by atoms with van der Waals surface area (Å²) in [5, 5.41) is 6.76. The second-order valence-electron chi connectivity index (χ2n) is 4.50. The molecule has 2 rings (SSSR count). The summed E-state index contributed by atoms with van der Waals surface area (Å²) in [6, 6.07) is 0. The first-order chi connectivity index (χ1) is 8.81. The molecule has 1 N–H and O–H groups in total. The predicted molar refractivity (Wildman–Crippen MR) is 66.0 cm³/mol. The Morgan fingerprint density at radius 2 is 2.56 bits per heavy atom. The minimum Gasteiger partial charge on any atom is -0.381 e. The smallest absolute Gasteiger partial charge is 0.224 e. The number of carbonyl (C=O) groups is 1. The average Bonchev–Trinajstić information content (AvgIpc) is 2.93. The summed E-state index contributed by atoms with van der Waals surface area (Å²) in [7, 11) is 0. The molecule has 1 aromatic rings. The van der Waals surface area contributed by atoms with Gasteiger partial charge in [0.05, 0.1) is 13.0 Å². The zero-order valence-electron chi connectivity index (χ0n) is 10.8. The molecule has 1 aliphatic heterocycles. The van der Waals surface area contributed by atoms with E-state index in [9.17, 15) is 4.79 Å². The molecule has 0 spiro atoms. The van der Waals surface area contributed by atoms with Crippen LogP contribution >= 0.6 is 0 Å². The minimum absolute atomic E-state index is 0.174. The standard InChI is InChI=1S/C12H20N4O2/c1-2-18-7-5-11(17)16-6-3-4-10(8-16)12-13-9-14-15-12/h9-10H,2-8H2,1H3,(H,13,14,15)/t10-/m1/s1. The van der Waals surface area contributed by atoms with Crippen molar-refractivity contribution in [3.8, 4) is 0 Å². The summed E-state index contributed by atoms with van der Waals surface area (Å²) < 4.78 is 5.22. The molecule has 100 valence electrons. The van der Waals surface area contributed by atoms with Crippen LogP contribution < -0.4 is 0 Å². The van der Waals surface area contributed by atoms with Crippen LogP contribution in [0.3, 0.4) is 0 Å². The lowest BCUT2D eigenvalue weighted by atomic mass is 9.97. The highest BCUT2D eigenvalue weighted by Gasteiger charge is 2.25. The van der Waals surface area contributed by atoms with Gasteiger partial charge in [-0.3, -0.25) is 9.89 Å². The Balaban J connectivity index is 1.84. The number of hydrogen-bond acceptors (Lipinski definition) is 4. The maximum atomic E-state index is 12.0. The zero-order valence-corrected chi connectivity index (χ0v) is 10.8. The Bertz CT molecular complexity index is 366. The number of aromatic amines is 1. The number of ether oxygens (including phenoxy) is 1. The first kappa shape index (κ1) is 13.0. The number of nitrogens with zero attached hydrogens (tertiary/aromatic N) is 3. The van der Waals surface area contributed by atoms with Gasteiger partial charge in [0.2, 0.25) is 5.91 Å². The SMILES string of the molecule is CCOCCC(=O)N1CCC[C@@H](c2ncn[nH]2)C1. The van der Waals surface area contributed by atoms with E-state index < -0.39 is 0 Å². The molecule has 0 aliphatic carbocycles. The number of piperidine rings is 1. The molecule has 0 bridgehead atoms. The molecule has 0 unspecified atom stereocenters. The third-order valence-electron chi connectivity index (χ3n) is 3.26. The lowest BCUT2D eigenvalue weighted by Gasteiger charge is -2.31. The fourth-order valence-corrected chi connectivity index (χ4v) is 2.30. The molecule has 1 amide bonds. The van der Waals surface area contributed by atoms with Crippen LogP contribution in [0.1, 0.15) is 37.9 Å². The van der Waals surface area contributed by atoms with Crippen LogP contribution in [0.4, 0.5) is 0 Å². The second kappa shape index (κ2) is 6.49. The van der Waals surface area contributed by atoms with Crippen molar-refractivity contribution in [3.05, 3.63) is 12.2 Å². The molecule has 2 heterocycles. The lowest BCUT2D eigenvalue weighted by molar-refractivity contribution is -0.133. The van der Waals surface area contributed by atoms with Crippen LogP contribution in [0, 0.1) is 0 Å². The number of nitrogens with one attached hydrogen (secondary N) is 1. The van der Waals surface area contributed by atoms with Crippen LogP contribution in [0.2, 0.25) is 0 Å². The molecule has 0 saturated carbocycles. The number of likely N-dealkylation sites (tertiary alicyclic amines) is 1. The van der Waals surface area contributed by atoms with Gasteiger partial charge >= 0.3 is 0 Å². The van der Waals surface area contributed by atoms with Crippen molar-refractivity contribution in [1.29, 1.82) is 0 Å². The van der Waals surface area contributed by atoms with E-state index in [1.54, 1.807) is 0 Å². The van der Waals surface area contributed by atoms with E-state index in [-0.39, 0.29) is 11.8 Å². The molecule has 6 nitrogen and oxygen atoms in total. The van der Waals surface area contributed by atoms with Gasteiger partial charge in [0.1, 0.15) is 12.2 Å². The number of carbonyl (C=O) groups excluding carboxylic acids is 1. The number of hydrogen-bond donors (Lipinski definition) is 1. The largest absolute Gasteiger partial charge is 0.381 e. The predicted octanol–water partition coefficient (Wildman–Crippen LogP) is 0.937. The highest BCUT2D eigenvalue weighted by Crippen LogP contribution is 2.24. The van der Waals surface area contributed by atoms with Crippen LogP contribution in [0.15, 0.2) is 6.33 Å². The molecular weight excluding hydrogens is 232 g/mol. The second-order valence-corrected chi connectivity index (χ2v) is 4.50. The maximum absolute atomic E-state index is 12.0. The summed E-state index contributed by atoms with van der Waals surface area (Å²) in [4.78, 5) is 18.1. The van der Waals surface area contributed by atoms with E-state index in [0.717, 1.165) is 31.8 Å². The van der Waals surface area contributed by atoms with Gasteiger partial charge in [0.15, 0.2) is 0 Å². The maximum Gasteiger partial charge on any atom is 0.224 e. The Morgan fingerprint density at radius 3 is 3.28 bits per heavy atom. The van der Waals surface area contributed by atoms with Crippen LogP contribution in [0.25, 0.3) is 0 Å². The highest BCUT2D eigenvalue weighted by molar-refractivity contribution is 5.76. The summed E-state index contributed by atoms with van der Waals surface area (Å²) >= 11 is 0. The quantitative estimate of drug-likeness (QED) is 0.792. The molecule has 1 aromatic heterocycles. The minimum atomic E-state index is 0.174. The van der Waals surface area contributed by atoms with E-state index in [4.69, 9.17) is 4.74 Å². The van der Waals surface area contributed by atoms with Crippen molar-refractivity contribution < 1.29 is 9.53 Å². The van der Waals surface area contributed by atoms with E-state index in [1.807, 2.05) is 11.8 Å². The number of H-pyrrole nitrogens is 1. The van der Waals surface area contributed by atoms with Gasteiger partial charge in [0, 0.05) is 25.6 Å². The van der Waals surface area contributed by atoms with E-state index in [1.165, 1.54) is 6.33 Å². The van der Waals surface area contributed by atoms with Crippen molar-refractivity contribution >= 4 is 5.91 Å². The van der Waals surface area contributed by atoms with Gasteiger partial charge in [-0.25, -0.2) is 4.98 Å². The van der Waals surface area contributed by atoms with E-state index in [0.29, 0.717) is 19.6 Å². The molecule has 1 aliphatic rings. The fourth-order valence-electron chi connectivity index (χ4n) is 2.30. The Kier molecular flexibility index (Phi) is 4.69. The van der Waals surface area contributed by atoms with Crippen molar-refractivity contribution in [2.24, 2.45) is 0 Å². The Morgan fingerprint density at radius 1 is 1.67 bits per heavy atom. The Labute approximate surface area is 107 Å². The molecule has 0 aromatic carbocycles. The van der Waals surface area contributed by atoms with Crippen LogP contribution in [0.5, 0.6) is 0 Å². The van der Waals surface area contributed by atoms with E-state index in [2.05, 4.69) is 15.2 Å². The van der Waals surface area contributed by atoms with Gasteiger partial charge in [-0.15, -0.1) is 0 Å². The van der Waals surface area contributed by atoms with Gasteiger partial charge in [-0.05, 0) is 19.8 Å². The third-order valence-corrected chi connectivity index (χ3v) is 3.26. The van der Waals surface area contributed by atoms with Gasteiger partial charge in [0.25, 0.3) is 0 Å². The van der Waals surface area contributed by atoms with Gasteiger partial charge in [-0.1, -0.05) is 0 Å². The Hall–Kier alpha value is -1.43. The van der Waals surface area contributed by atoms with Crippen molar-refractivity contribution in [3.63, 3.8) is 0 Å². The summed E-state index contributed by atoms with van der Waals surface area (Å²) in [5.74, 6) is 1.35. The summed E-state index contributed by atoms with van der Waals surface area (Å²) in [6.45, 7) is 4.69.